The Balaban J connectivity index is 1.47. The minimum Gasteiger partial charge on any atom is -0.497 e. The summed E-state index contributed by atoms with van der Waals surface area (Å²) in [4.78, 5) is 15.3. The van der Waals surface area contributed by atoms with Crippen LogP contribution in [0.25, 0.3) is 0 Å². The molecule has 2 aliphatic rings. The van der Waals surface area contributed by atoms with Crippen LogP contribution in [0.5, 0.6) is 5.75 Å². The molecule has 2 aromatic rings. The fraction of sp³-hybridized carbons (Fsp3) is 0.409. The van der Waals surface area contributed by atoms with Crippen molar-refractivity contribution in [2.75, 3.05) is 7.11 Å². The van der Waals surface area contributed by atoms with Gasteiger partial charge in [0.2, 0.25) is 5.91 Å². The number of hydrogen-bond donors (Lipinski definition) is 0. The van der Waals surface area contributed by atoms with Crippen molar-refractivity contribution < 1.29 is 17.9 Å². The summed E-state index contributed by atoms with van der Waals surface area (Å²) < 4.78 is 31.2. The number of nitrogens with zero attached hydrogens (tertiary/aromatic N) is 1. The van der Waals surface area contributed by atoms with Crippen LogP contribution >= 0.6 is 0 Å². The fourth-order valence-electron chi connectivity index (χ4n) is 4.60. The van der Waals surface area contributed by atoms with E-state index >= 15 is 0 Å². The highest BCUT2D eigenvalue weighted by molar-refractivity contribution is 7.92. The molecule has 2 bridgehead atoms. The van der Waals surface area contributed by atoms with Crippen molar-refractivity contribution in [1.82, 2.24) is 4.90 Å². The van der Waals surface area contributed by atoms with E-state index in [4.69, 9.17) is 4.74 Å². The van der Waals surface area contributed by atoms with E-state index in [9.17, 15) is 13.2 Å². The van der Waals surface area contributed by atoms with Gasteiger partial charge in [-0.1, -0.05) is 30.3 Å². The number of ether oxygens (including phenoxy) is 1. The summed E-state index contributed by atoms with van der Waals surface area (Å²) in [5, 5.41) is -0.405. The smallest absolute Gasteiger partial charge is 0.227 e. The van der Waals surface area contributed by atoms with Crippen LogP contribution in [-0.2, 0) is 21.1 Å². The second kappa shape index (κ2) is 7.59. The van der Waals surface area contributed by atoms with E-state index in [1.807, 2.05) is 35.2 Å². The number of rotatable bonds is 5. The van der Waals surface area contributed by atoms with Crippen molar-refractivity contribution in [3.8, 4) is 5.75 Å². The van der Waals surface area contributed by atoms with Crippen LogP contribution in [0.2, 0.25) is 0 Å². The second-order valence-electron chi connectivity index (χ2n) is 7.66. The van der Waals surface area contributed by atoms with Crippen LogP contribution in [-0.4, -0.2) is 43.7 Å². The lowest BCUT2D eigenvalue weighted by atomic mass is 10.0. The number of piperidine rings is 1. The lowest BCUT2D eigenvalue weighted by Gasteiger charge is -2.38. The summed E-state index contributed by atoms with van der Waals surface area (Å²) in [6.07, 6.45) is 3.18. The molecular weight excluding hydrogens is 374 g/mol. The second-order valence-corrected chi connectivity index (χ2v) is 9.89. The molecule has 6 heteroatoms. The van der Waals surface area contributed by atoms with Gasteiger partial charge in [-0.15, -0.1) is 0 Å². The van der Waals surface area contributed by atoms with E-state index in [1.165, 1.54) is 0 Å². The molecule has 0 aliphatic carbocycles. The lowest BCUT2D eigenvalue weighted by molar-refractivity contribution is -0.134. The van der Waals surface area contributed by atoms with Crippen molar-refractivity contribution >= 4 is 15.7 Å². The topological polar surface area (TPSA) is 63.7 Å². The molecule has 2 aromatic carbocycles. The molecule has 2 aliphatic heterocycles. The molecule has 0 radical (unpaired) electrons. The van der Waals surface area contributed by atoms with Crippen molar-refractivity contribution in [2.24, 2.45) is 0 Å². The molecule has 5 nitrogen and oxygen atoms in total. The van der Waals surface area contributed by atoms with Crippen molar-refractivity contribution in [2.45, 2.75) is 54.3 Å². The molecule has 0 aromatic heterocycles. The maximum Gasteiger partial charge on any atom is 0.227 e. The summed E-state index contributed by atoms with van der Waals surface area (Å²) in [7, 11) is -1.74. The normalized spacial score (nSPS) is 24.2. The third kappa shape index (κ3) is 3.53. The van der Waals surface area contributed by atoms with Crippen molar-refractivity contribution in [1.29, 1.82) is 0 Å². The van der Waals surface area contributed by atoms with E-state index in [0.717, 1.165) is 24.2 Å². The molecule has 148 valence electrons. The Morgan fingerprint density at radius 1 is 1.00 bits per heavy atom. The molecule has 28 heavy (non-hydrogen) atoms. The quantitative estimate of drug-likeness (QED) is 0.774. The molecular formula is C22H25NO4S. The number of fused-ring (bicyclic) bond motifs is 2. The molecule has 4 rings (SSSR count). The first-order valence-electron chi connectivity index (χ1n) is 9.72. The number of methoxy groups -OCH3 is 1. The van der Waals surface area contributed by atoms with Gasteiger partial charge in [-0.3, -0.25) is 4.79 Å². The fourth-order valence-corrected chi connectivity index (χ4v) is 6.47. The predicted octanol–water partition coefficient (Wildman–Crippen LogP) is 3.23. The summed E-state index contributed by atoms with van der Waals surface area (Å²) >= 11 is 0. The van der Waals surface area contributed by atoms with E-state index in [0.29, 0.717) is 24.2 Å². The number of hydrogen-bond acceptors (Lipinski definition) is 4. The zero-order valence-electron chi connectivity index (χ0n) is 16.0. The number of carbonyl (C=O) groups excluding carboxylic acids is 1. The van der Waals surface area contributed by atoms with Gasteiger partial charge in [-0.05, 0) is 55.5 Å². The van der Waals surface area contributed by atoms with Crippen LogP contribution in [0.15, 0.2) is 59.5 Å². The average Bonchev–Trinajstić information content (AvgIpc) is 2.98. The van der Waals surface area contributed by atoms with Gasteiger partial charge in [0.05, 0.1) is 23.7 Å². The standard InChI is InChI=1S/C22H25NO4S/c1-27-19-11-7-16(8-12-19)13-22(24)23-17-9-10-18(23)15-21(14-17)28(25,26)20-5-3-2-4-6-20/h2-8,11-12,17-18,21H,9-10,13-15H2,1H3/t17-,18-/m1/s1. The Labute approximate surface area is 166 Å². The maximum atomic E-state index is 13.0. The highest BCUT2D eigenvalue weighted by Gasteiger charge is 2.46. The first-order chi connectivity index (χ1) is 13.5. The van der Waals surface area contributed by atoms with Gasteiger partial charge >= 0.3 is 0 Å². The molecule has 1 amide bonds. The van der Waals surface area contributed by atoms with Crippen LogP contribution in [0.3, 0.4) is 0 Å². The minimum absolute atomic E-state index is 0.0213. The van der Waals surface area contributed by atoms with Gasteiger partial charge < -0.3 is 9.64 Å². The van der Waals surface area contributed by atoms with Gasteiger partial charge in [0.15, 0.2) is 9.84 Å². The molecule has 0 spiro atoms. The third-order valence-electron chi connectivity index (χ3n) is 6.00. The Bertz CT molecular complexity index is 926. The number of sulfone groups is 1. The van der Waals surface area contributed by atoms with Crippen LogP contribution < -0.4 is 4.74 Å². The predicted molar refractivity (Wildman–Crippen MR) is 107 cm³/mol. The van der Waals surface area contributed by atoms with E-state index in [1.54, 1.807) is 31.4 Å². The summed E-state index contributed by atoms with van der Waals surface area (Å²) in [5.74, 6) is 0.858. The van der Waals surface area contributed by atoms with Gasteiger partial charge in [-0.2, -0.15) is 0 Å². The van der Waals surface area contributed by atoms with Gasteiger partial charge in [0, 0.05) is 12.1 Å². The highest BCUT2D eigenvalue weighted by Crippen LogP contribution is 2.40. The van der Waals surface area contributed by atoms with Crippen LogP contribution in [0.1, 0.15) is 31.2 Å². The molecule has 2 fully saturated rings. The molecule has 2 saturated heterocycles. The average molecular weight is 400 g/mol. The highest BCUT2D eigenvalue weighted by atomic mass is 32.2. The van der Waals surface area contributed by atoms with Crippen molar-refractivity contribution in [3.05, 3.63) is 60.2 Å². The largest absolute Gasteiger partial charge is 0.497 e. The first kappa shape index (κ1) is 19.0. The SMILES string of the molecule is COc1ccc(CC(=O)N2[C@@H]3CC[C@@H]2CC(S(=O)(=O)c2ccccc2)C3)cc1. The Kier molecular flexibility index (Phi) is 5.15. The Morgan fingerprint density at radius 2 is 1.61 bits per heavy atom. The maximum absolute atomic E-state index is 13.0. The van der Waals surface area contributed by atoms with Gasteiger partial charge in [-0.25, -0.2) is 8.42 Å². The van der Waals surface area contributed by atoms with Crippen LogP contribution in [0, 0.1) is 0 Å². The zero-order chi connectivity index (χ0) is 19.7. The molecule has 2 atom stereocenters. The number of carbonyl (C=O) groups is 1. The monoisotopic (exact) mass is 399 g/mol. The zero-order valence-corrected chi connectivity index (χ0v) is 16.8. The van der Waals surface area contributed by atoms with Crippen molar-refractivity contribution in [3.63, 3.8) is 0 Å². The molecule has 0 N–H and O–H groups in total. The summed E-state index contributed by atoms with van der Waals surface area (Å²) in [6, 6.07) is 16.2. The summed E-state index contributed by atoms with van der Waals surface area (Å²) in [6.45, 7) is 0. The number of amides is 1. The molecule has 2 heterocycles. The number of benzene rings is 2. The van der Waals surface area contributed by atoms with Crippen LogP contribution in [0.4, 0.5) is 0 Å². The van der Waals surface area contributed by atoms with E-state index in [-0.39, 0.29) is 18.0 Å². The Hall–Kier alpha value is -2.34. The third-order valence-corrected chi connectivity index (χ3v) is 8.19. The van der Waals surface area contributed by atoms with E-state index < -0.39 is 15.1 Å². The van der Waals surface area contributed by atoms with Gasteiger partial charge in [0.25, 0.3) is 0 Å². The Morgan fingerprint density at radius 3 is 2.18 bits per heavy atom. The molecule has 0 unspecified atom stereocenters. The summed E-state index contributed by atoms with van der Waals surface area (Å²) in [5.41, 5.74) is 0.948. The first-order valence-corrected chi connectivity index (χ1v) is 11.3. The van der Waals surface area contributed by atoms with Gasteiger partial charge in [0.1, 0.15) is 5.75 Å². The lowest BCUT2D eigenvalue weighted by Crippen LogP contribution is -2.50. The van der Waals surface area contributed by atoms with E-state index in [2.05, 4.69) is 0 Å². The molecule has 0 saturated carbocycles. The minimum atomic E-state index is -3.36.